The number of aromatic nitrogens is 2. The first kappa shape index (κ1) is 18.7. The summed E-state index contributed by atoms with van der Waals surface area (Å²) in [5, 5.41) is 13.1. The van der Waals surface area contributed by atoms with E-state index < -0.39 is 5.97 Å². The molecule has 0 radical (unpaired) electrons. The van der Waals surface area contributed by atoms with Crippen molar-refractivity contribution in [1.82, 2.24) is 10.1 Å². The third kappa shape index (κ3) is 3.59. The van der Waals surface area contributed by atoms with Gasteiger partial charge in [0.2, 0.25) is 5.82 Å². The van der Waals surface area contributed by atoms with Gasteiger partial charge in [-0.05, 0) is 47.7 Å². The molecule has 148 valence electrons. The SMILES string of the molecule is COc1ccc(-c2nc(-c3cccc4c3CC=C4CCC(=O)O)no2)cc1OC. The first-order chi connectivity index (χ1) is 14.1. The van der Waals surface area contributed by atoms with Gasteiger partial charge in [-0.1, -0.05) is 29.4 Å². The molecule has 1 heterocycles. The van der Waals surface area contributed by atoms with Gasteiger partial charge in [-0.25, -0.2) is 0 Å². The van der Waals surface area contributed by atoms with Gasteiger partial charge in [0.15, 0.2) is 11.5 Å². The lowest BCUT2D eigenvalue weighted by Crippen LogP contribution is -1.96. The fourth-order valence-corrected chi connectivity index (χ4v) is 3.55. The van der Waals surface area contributed by atoms with Crippen LogP contribution in [-0.2, 0) is 11.2 Å². The molecule has 2 aromatic carbocycles. The average Bonchev–Trinajstić information content (AvgIpc) is 3.39. The summed E-state index contributed by atoms with van der Waals surface area (Å²) < 4.78 is 16.1. The van der Waals surface area contributed by atoms with Gasteiger partial charge >= 0.3 is 5.97 Å². The van der Waals surface area contributed by atoms with E-state index in [1.54, 1.807) is 26.4 Å². The van der Waals surface area contributed by atoms with Gasteiger partial charge in [0, 0.05) is 17.5 Å². The van der Waals surface area contributed by atoms with Crippen molar-refractivity contribution >= 4 is 11.5 Å². The predicted molar refractivity (Wildman–Crippen MR) is 107 cm³/mol. The number of carboxylic acid groups (broad SMARTS) is 1. The maximum atomic E-state index is 10.9. The summed E-state index contributed by atoms with van der Waals surface area (Å²) in [6.07, 6.45) is 3.42. The highest BCUT2D eigenvalue weighted by atomic mass is 16.5. The average molecular weight is 392 g/mol. The Bertz CT molecular complexity index is 1100. The molecule has 0 aliphatic heterocycles. The van der Waals surface area contributed by atoms with Crippen LogP contribution in [0.15, 0.2) is 47.0 Å². The molecule has 1 N–H and O–H groups in total. The molecule has 0 spiro atoms. The lowest BCUT2D eigenvalue weighted by atomic mass is 9.98. The Labute approximate surface area is 167 Å². The molecule has 4 rings (SSSR count). The van der Waals surface area contributed by atoms with E-state index in [-0.39, 0.29) is 6.42 Å². The number of allylic oxidation sites excluding steroid dienone is 2. The first-order valence-electron chi connectivity index (χ1n) is 9.20. The lowest BCUT2D eigenvalue weighted by Gasteiger charge is -2.08. The van der Waals surface area contributed by atoms with Gasteiger partial charge in [-0.2, -0.15) is 4.98 Å². The van der Waals surface area contributed by atoms with Crippen molar-refractivity contribution in [3.63, 3.8) is 0 Å². The monoisotopic (exact) mass is 392 g/mol. The summed E-state index contributed by atoms with van der Waals surface area (Å²) in [6.45, 7) is 0. The number of hydrogen-bond donors (Lipinski definition) is 1. The van der Waals surface area contributed by atoms with Gasteiger partial charge in [0.25, 0.3) is 5.89 Å². The van der Waals surface area contributed by atoms with Crippen LogP contribution < -0.4 is 9.47 Å². The number of carboxylic acids is 1. The Morgan fingerprint density at radius 1 is 1.14 bits per heavy atom. The third-order valence-corrected chi connectivity index (χ3v) is 4.98. The van der Waals surface area contributed by atoms with Gasteiger partial charge in [0.05, 0.1) is 14.2 Å². The van der Waals surface area contributed by atoms with Gasteiger partial charge < -0.3 is 19.1 Å². The van der Waals surface area contributed by atoms with Crippen molar-refractivity contribution in [2.75, 3.05) is 14.2 Å². The molecular formula is C22H20N2O5. The standard InChI is InChI=1S/C22H20N2O5/c1-27-18-10-7-14(12-19(18)28-2)22-23-21(24-29-22)17-5-3-4-15-13(6-9-16(15)17)8-11-20(25)26/h3-7,10,12H,8-9,11H2,1-2H3,(H,25,26). The van der Waals surface area contributed by atoms with Crippen LogP contribution in [0.3, 0.4) is 0 Å². The Hall–Kier alpha value is -3.61. The smallest absolute Gasteiger partial charge is 0.303 e. The molecule has 1 aliphatic carbocycles. The molecule has 0 atom stereocenters. The van der Waals surface area contributed by atoms with E-state index in [1.807, 2.05) is 24.3 Å². The highest BCUT2D eigenvalue weighted by molar-refractivity contribution is 5.81. The molecule has 29 heavy (non-hydrogen) atoms. The number of ether oxygens (including phenoxy) is 2. The highest BCUT2D eigenvalue weighted by Crippen LogP contribution is 2.37. The van der Waals surface area contributed by atoms with Gasteiger partial charge in [0.1, 0.15) is 0 Å². The molecule has 3 aromatic rings. The Morgan fingerprint density at radius 2 is 1.93 bits per heavy atom. The molecule has 1 aliphatic rings. The molecule has 7 nitrogen and oxygen atoms in total. The van der Waals surface area contributed by atoms with Crippen LogP contribution in [-0.4, -0.2) is 35.4 Å². The van der Waals surface area contributed by atoms with E-state index in [0.29, 0.717) is 29.6 Å². The van der Waals surface area contributed by atoms with Crippen LogP contribution in [0.2, 0.25) is 0 Å². The fraction of sp³-hybridized carbons (Fsp3) is 0.227. The van der Waals surface area contributed by atoms with E-state index in [1.165, 1.54) is 0 Å². The van der Waals surface area contributed by atoms with Crippen LogP contribution in [0, 0.1) is 0 Å². The van der Waals surface area contributed by atoms with Crippen molar-refractivity contribution in [1.29, 1.82) is 0 Å². The normalized spacial score (nSPS) is 12.4. The molecule has 0 saturated heterocycles. The summed E-state index contributed by atoms with van der Waals surface area (Å²) in [4.78, 5) is 15.5. The molecule has 0 bridgehead atoms. The van der Waals surface area contributed by atoms with E-state index in [2.05, 4.69) is 16.2 Å². The maximum absolute atomic E-state index is 10.9. The Morgan fingerprint density at radius 3 is 2.69 bits per heavy atom. The summed E-state index contributed by atoms with van der Waals surface area (Å²) in [5.41, 5.74) is 4.82. The number of nitrogens with zero attached hydrogens (tertiary/aromatic N) is 2. The topological polar surface area (TPSA) is 94.7 Å². The van der Waals surface area contributed by atoms with E-state index in [0.717, 1.165) is 34.2 Å². The zero-order chi connectivity index (χ0) is 20.4. The minimum atomic E-state index is -0.798. The molecule has 0 amide bonds. The summed E-state index contributed by atoms with van der Waals surface area (Å²) >= 11 is 0. The predicted octanol–water partition coefficient (Wildman–Crippen LogP) is 4.23. The molecule has 1 aromatic heterocycles. The van der Waals surface area contributed by atoms with E-state index >= 15 is 0 Å². The van der Waals surface area contributed by atoms with Crippen molar-refractivity contribution in [2.24, 2.45) is 0 Å². The minimum absolute atomic E-state index is 0.112. The number of carbonyl (C=O) groups is 1. The summed E-state index contributed by atoms with van der Waals surface area (Å²) in [7, 11) is 3.15. The minimum Gasteiger partial charge on any atom is -0.493 e. The summed E-state index contributed by atoms with van der Waals surface area (Å²) in [6, 6.07) is 11.3. The van der Waals surface area contributed by atoms with Gasteiger partial charge in [-0.15, -0.1) is 0 Å². The van der Waals surface area contributed by atoms with Crippen LogP contribution in [0.5, 0.6) is 11.5 Å². The van der Waals surface area contributed by atoms with E-state index in [4.69, 9.17) is 19.1 Å². The van der Waals surface area contributed by atoms with Crippen molar-refractivity contribution in [2.45, 2.75) is 19.3 Å². The number of fused-ring (bicyclic) bond motifs is 1. The summed E-state index contributed by atoms with van der Waals surface area (Å²) in [5.74, 6) is 1.29. The Balaban J connectivity index is 1.64. The third-order valence-electron chi connectivity index (χ3n) is 4.98. The number of aliphatic carboxylic acids is 1. The number of benzene rings is 2. The quantitative estimate of drug-likeness (QED) is 0.643. The van der Waals surface area contributed by atoms with Crippen molar-refractivity contribution < 1.29 is 23.9 Å². The largest absolute Gasteiger partial charge is 0.493 e. The van der Waals surface area contributed by atoms with Crippen molar-refractivity contribution in [3.05, 3.63) is 53.6 Å². The van der Waals surface area contributed by atoms with Crippen LogP contribution in [0.4, 0.5) is 0 Å². The highest BCUT2D eigenvalue weighted by Gasteiger charge is 2.21. The molecule has 0 saturated carbocycles. The van der Waals surface area contributed by atoms with Crippen LogP contribution in [0.25, 0.3) is 28.4 Å². The molecular weight excluding hydrogens is 372 g/mol. The van der Waals surface area contributed by atoms with E-state index in [9.17, 15) is 4.79 Å². The maximum Gasteiger partial charge on any atom is 0.303 e. The fourth-order valence-electron chi connectivity index (χ4n) is 3.55. The second-order valence-electron chi connectivity index (χ2n) is 6.65. The second-order valence-corrected chi connectivity index (χ2v) is 6.65. The zero-order valence-electron chi connectivity index (χ0n) is 16.1. The van der Waals surface area contributed by atoms with Crippen molar-refractivity contribution in [3.8, 4) is 34.3 Å². The van der Waals surface area contributed by atoms with Crippen LogP contribution in [0.1, 0.15) is 24.0 Å². The lowest BCUT2D eigenvalue weighted by molar-refractivity contribution is -0.136. The van der Waals surface area contributed by atoms with Gasteiger partial charge in [-0.3, -0.25) is 4.79 Å². The van der Waals surface area contributed by atoms with Crippen LogP contribution >= 0.6 is 0 Å². The second kappa shape index (κ2) is 7.79. The number of methoxy groups -OCH3 is 2. The molecule has 7 heteroatoms. The number of rotatable bonds is 7. The number of hydrogen-bond acceptors (Lipinski definition) is 6. The zero-order valence-corrected chi connectivity index (χ0v) is 16.1. The first-order valence-corrected chi connectivity index (χ1v) is 9.20. The molecule has 0 fully saturated rings. The Kier molecular flexibility index (Phi) is 5.03. The molecule has 0 unspecified atom stereocenters.